The average Bonchev–Trinajstić information content (AvgIpc) is 3.43. The lowest BCUT2D eigenvalue weighted by Crippen LogP contribution is -2.38. The highest BCUT2D eigenvalue weighted by molar-refractivity contribution is 8.00. The number of carbonyl (C=O) groups is 2. The van der Waals surface area contributed by atoms with Gasteiger partial charge in [0.05, 0.1) is 0 Å². The van der Waals surface area contributed by atoms with E-state index in [1.54, 1.807) is 26.2 Å². The van der Waals surface area contributed by atoms with Gasteiger partial charge >= 0.3 is 11.9 Å². The van der Waals surface area contributed by atoms with Crippen LogP contribution in [0, 0.1) is 0 Å². The normalized spacial score (nSPS) is 12.8. The Morgan fingerprint density at radius 3 is 1.86 bits per heavy atom. The number of aliphatic carboxylic acids is 1. The molecule has 0 saturated carbocycles. The van der Waals surface area contributed by atoms with Gasteiger partial charge in [0.1, 0.15) is 16.8 Å². The molecule has 0 aliphatic rings. The van der Waals surface area contributed by atoms with Crippen LogP contribution in [0.15, 0.2) is 102 Å². The Morgan fingerprint density at radius 2 is 1.43 bits per heavy atom. The molecule has 0 bridgehead atoms. The van der Waals surface area contributed by atoms with Crippen LogP contribution in [0.2, 0.25) is 0 Å². The van der Waals surface area contributed by atoms with E-state index in [-0.39, 0.29) is 5.69 Å². The van der Waals surface area contributed by atoms with E-state index in [9.17, 15) is 14.7 Å². The van der Waals surface area contributed by atoms with Gasteiger partial charge in [-0.3, -0.25) is 0 Å². The highest BCUT2D eigenvalue weighted by Gasteiger charge is 2.37. The lowest BCUT2D eigenvalue weighted by molar-refractivity contribution is -0.162. The van der Waals surface area contributed by atoms with Crippen molar-refractivity contribution in [2.75, 3.05) is 11.1 Å². The van der Waals surface area contributed by atoms with E-state index in [0.29, 0.717) is 10.9 Å². The molecule has 1 heterocycles. The second-order valence-electron chi connectivity index (χ2n) is 10.2. The molecule has 1 atom stereocenters. The molecule has 0 aliphatic heterocycles. The van der Waals surface area contributed by atoms with Crippen molar-refractivity contribution in [3.05, 3.63) is 119 Å². The van der Waals surface area contributed by atoms with Crippen LogP contribution in [-0.2, 0) is 24.7 Å². The molecule has 4 aromatic rings. The van der Waals surface area contributed by atoms with Gasteiger partial charge in [-0.2, -0.15) is 0 Å². The van der Waals surface area contributed by atoms with E-state index in [1.165, 1.54) is 11.3 Å². The Kier molecular flexibility index (Phi) is 10.0. The number of hydrogen-bond donors (Lipinski definition) is 2. The lowest BCUT2D eigenvalue weighted by atomic mass is 9.77. The number of carboxylic acid groups (broad SMARTS) is 1. The highest BCUT2D eigenvalue weighted by atomic mass is 32.2. The minimum Gasteiger partial charge on any atom is -0.476 e. The molecule has 2 N–H and O–H groups in total. The molecule has 0 radical (unpaired) electrons. The van der Waals surface area contributed by atoms with Crippen molar-refractivity contribution in [2.24, 2.45) is 5.16 Å². The molecule has 3 aromatic carbocycles. The van der Waals surface area contributed by atoms with Crippen LogP contribution in [0.1, 0.15) is 50.1 Å². The fourth-order valence-corrected chi connectivity index (χ4v) is 5.66. The molecule has 10 heteroatoms. The van der Waals surface area contributed by atoms with Crippen LogP contribution in [0.4, 0.5) is 5.13 Å². The number of anilines is 1. The van der Waals surface area contributed by atoms with Gasteiger partial charge < -0.3 is 20.0 Å². The number of thioether (sulfide) groups is 1. The van der Waals surface area contributed by atoms with Gasteiger partial charge in [-0.05, 0) is 43.2 Å². The van der Waals surface area contributed by atoms with E-state index in [2.05, 4.69) is 15.5 Å². The first-order chi connectivity index (χ1) is 20.1. The summed E-state index contributed by atoms with van der Waals surface area (Å²) in [5, 5.41) is 19.5. The highest BCUT2D eigenvalue weighted by Crippen LogP contribution is 2.40. The standard InChI is InChI=1S/C32H33N3O5S2/c1-5-41-29(28(38)39-31(2,3)4)40-35-26(27(36)37)25-21-42-30(33-25)34-32(22-15-9-6-10-16-22,23-17-11-7-12-18-23)24-19-13-8-14-20-24/h6-21,29H,5H2,1-4H3,(H,33,34)(H,36,37)/b35-26-. The van der Waals surface area contributed by atoms with Crippen molar-refractivity contribution in [3.63, 3.8) is 0 Å². The molecular weight excluding hydrogens is 571 g/mol. The summed E-state index contributed by atoms with van der Waals surface area (Å²) in [4.78, 5) is 34.9. The number of nitrogens with one attached hydrogen (secondary N) is 1. The number of ether oxygens (including phenoxy) is 1. The zero-order chi connectivity index (χ0) is 30.2. The van der Waals surface area contributed by atoms with Gasteiger partial charge in [-0.25, -0.2) is 14.6 Å². The zero-order valence-corrected chi connectivity index (χ0v) is 25.4. The number of benzene rings is 3. The third-order valence-electron chi connectivity index (χ3n) is 6.02. The van der Waals surface area contributed by atoms with Crippen molar-refractivity contribution < 1.29 is 24.3 Å². The maximum absolute atomic E-state index is 12.6. The summed E-state index contributed by atoms with van der Waals surface area (Å²) in [6.07, 6.45) is 0. The summed E-state index contributed by atoms with van der Waals surface area (Å²) in [5.41, 5.74) is -0.0807. The molecule has 0 fully saturated rings. The minimum absolute atomic E-state index is 0.0996. The van der Waals surface area contributed by atoms with Crippen molar-refractivity contribution >= 4 is 45.9 Å². The second kappa shape index (κ2) is 13.7. The van der Waals surface area contributed by atoms with Crippen molar-refractivity contribution in [1.29, 1.82) is 0 Å². The molecule has 4 rings (SSSR count). The quantitative estimate of drug-likeness (QED) is 0.0600. The van der Waals surface area contributed by atoms with Crippen molar-refractivity contribution in [1.82, 2.24) is 4.98 Å². The number of carboxylic acids is 1. The van der Waals surface area contributed by atoms with Gasteiger partial charge in [0, 0.05) is 5.38 Å². The summed E-state index contributed by atoms with van der Waals surface area (Å²) in [6.45, 7) is 7.09. The number of hydrogen-bond acceptors (Lipinski definition) is 9. The smallest absolute Gasteiger partial charge is 0.361 e. The Hall–Kier alpha value is -4.15. The van der Waals surface area contributed by atoms with E-state index in [4.69, 9.17) is 9.57 Å². The molecule has 0 amide bonds. The summed E-state index contributed by atoms with van der Waals surface area (Å²) in [7, 11) is 0. The van der Waals surface area contributed by atoms with E-state index in [0.717, 1.165) is 28.5 Å². The van der Waals surface area contributed by atoms with Gasteiger partial charge in [-0.15, -0.1) is 23.1 Å². The fourth-order valence-electron chi connectivity index (χ4n) is 4.32. The fraction of sp³-hybridized carbons (Fsp3) is 0.250. The van der Waals surface area contributed by atoms with Crippen LogP contribution in [0.25, 0.3) is 0 Å². The van der Waals surface area contributed by atoms with E-state index in [1.807, 2.05) is 97.9 Å². The average molecular weight is 604 g/mol. The second-order valence-corrected chi connectivity index (χ2v) is 12.4. The first-order valence-electron chi connectivity index (χ1n) is 13.4. The predicted octanol–water partition coefficient (Wildman–Crippen LogP) is 6.77. The molecule has 1 aromatic heterocycles. The monoisotopic (exact) mass is 603 g/mol. The topological polar surface area (TPSA) is 110 Å². The summed E-state index contributed by atoms with van der Waals surface area (Å²) >= 11 is 2.40. The predicted molar refractivity (Wildman–Crippen MR) is 168 cm³/mol. The molecule has 1 unspecified atom stereocenters. The number of carbonyl (C=O) groups excluding carboxylic acids is 1. The number of aromatic nitrogens is 1. The third-order valence-corrected chi connectivity index (χ3v) is 7.69. The molecule has 0 aliphatic carbocycles. The SMILES string of the molecule is CCSC(O/N=C(\C(=O)O)c1csc(NC(c2ccccc2)(c2ccccc2)c2ccccc2)n1)C(=O)OC(C)(C)C. The summed E-state index contributed by atoms with van der Waals surface area (Å²) < 4.78 is 5.41. The molecule has 42 heavy (non-hydrogen) atoms. The van der Waals surface area contributed by atoms with Gasteiger partial charge in [0.2, 0.25) is 5.71 Å². The number of rotatable bonds is 12. The van der Waals surface area contributed by atoms with Crippen molar-refractivity contribution in [3.8, 4) is 0 Å². The number of esters is 1. The first-order valence-corrected chi connectivity index (χ1v) is 15.3. The third kappa shape index (κ3) is 7.37. The number of thiazole rings is 1. The molecule has 8 nitrogen and oxygen atoms in total. The largest absolute Gasteiger partial charge is 0.476 e. The van der Waals surface area contributed by atoms with Gasteiger partial charge in [-0.1, -0.05) is 103 Å². The molecule has 0 spiro atoms. The summed E-state index contributed by atoms with van der Waals surface area (Å²) in [5.74, 6) is -1.44. The maximum atomic E-state index is 12.6. The van der Waals surface area contributed by atoms with E-state index < -0.39 is 34.2 Å². The first kappa shape index (κ1) is 30.8. The van der Waals surface area contributed by atoms with Crippen LogP contribution < -0.4 is 5.32 Å². The van der Waals surface area contributed by atoms with Crippen LogP contribution in [0.3, 0.4) is 0 Å². The Labute approximate surface area is 253 Å². The Bertz CT molecular complexity index is 1410. The van der Waals surface area contributed by atoms with Crippen LogP contribution in [-0.4, -0.2) is 44.5 Å². The van der Waals surface area contributed by atoms with Gasteiger partial charge in [0.15, 0.2) is 5.13 Å². The van der Waals surface area contributed by atoms with Crippen LogP contribution in [0.5, 0.6) is 0 Å². The summed E-state index contributed by atoms with van der Waals surface area (Å²) in [6, 6.07) is 30.0. The maximum Gasteiger partial charge on any atom is 0.361 e. The van der Waals surface area contributed by atoms with Crippen molar-refractivity contribution in [2.45, 2.75) is 44.3 Å². The minimum atomic E-state index is -1.34. The lowest BCUT2D eigenvalue weighted by Gasteiger charge is -2.36. The molecule has 218 valence electrons. The number of oxime groups is 1. The molecular formula is C32H33N3O5S2. The van der Waals surface area contributed by atoms with Crippen LogP contribution >= 0.6 is 23.1 Å². The molecule has 0 saturated heterocycles. The number of nitrogens with zero attached hydrogens (tertiary/aromatic N) is 2. The Balaban J connectivity index is 1.73. The Morgan fingerprint density at radius 1 is 0.929 bits per heavy atom. The van der Waals surface area contributed by atoms with E-state index >= 15 is 0 Å². The zero-order valence-electron chi connectivity index (χ0n) is 23.8. The van der Waals surface area contributed by atoms with Gasteiger partial charge in [0.25, 0.3) is 5.44 Å².